The molecular formula is C22H25N2O3+. The lowest BCUT2D eigenvalue weighted by Crippen LogP contribution is -3.06. The number of ether oxygens (including phenoxy) is 1. The Hall–Kier alpha value is -2.92. The maximum absolute atomic E-state index is 13.1. The van der Waals surface area contributed by atoms with Gasteiger partial charge in [0.25, 0.3) is 0 Å². The van der Waals surface area contributed by atoms with Gasteiger partial charge in [-0.2, -0.15) is 0 Å². The molecule has 3 aromatic rings. The van der Waals surface area contributed by atoms with E-state index < -0.39 is 5.97 Å². The maximum atomic E-state index is 13.1. The number of pyridine rings is 1. The van der Waals surface area contributed by atoms with E-state index in [0.717, 1.165) is 23.3 Å². The normalized spacial score (nSPS) is 12.1. The molecule has 2 N–H and O–H groups in total. The van der Waals surface area contributed by atoms with E-state index in [1.54, 1.807) is 25.1 Å². The molecule has 1 atom stereocenters. The number of esters is 1. The van der Waals surface area contributed by atoms with Gasteiger partial charge in [-0.05, 0) is 32.0 Å². The van der Waals surface area contributed by atoms with Crippen molar-refractivity contribution in [3.8, 4) is 0 Å². The smallest absolute Gasteiger partial charge is 0.338 e. The largest absolute Gasteiger partial charge is 0.462 e. The molecule has 5 heteroatoms. The van der Waals surface area contributed by atoms with Crippen molar-refractivity contribution in [1.82, 2.24) is 4.98 Å². The summed E-state index contributed by atoms with van der Waals surface area (Å²) in [5, 5.41) is 0.522. The van der Waals surface area contributed by atoms with E-state index in [4.69, 9.17) is 4.74 Å². The predicted molar refractivity (Wildman–Crippen MR) is 106 cm³/mol. The lowest BCUT2D eigenvalue weighted by Gasteiger charge is -2.16. The fourth-order valence-electron chi connectivity index (χ4n) is 3.31. The van der Waals surface area contributed by atoms with Gasteiger partial charge < -0.3 is 14.6 Å². The average Bonchev–Trinajstić information content (AvgIpc) is 2.66. The summed E-state index contributed by atoms with van der Waals surface area (Å²) in [7, 11) is 2.07. The van der Waals surface area contributed by atoms with Gasteiger partial charge in [-0.25, -0.2) is 4.79 Å². The molecule has 0 bridgehead atoms. The number of aromatic amines is 1. The number of carbonyl (C=O) groups is 1. The van der Waals surface area contributed by atoms with Gasteiger partial charge in [0.15, 0.2) is 5.43 Å². The quantitative estimate of drug-likeness (QED) is 0.659. The summed E-state index contributed by atoms with van der Waals surface area (Å²) < 4.78 is 5.05. The third kappa shape index (κ3) is 4.26. The minimum absolute atomic E-state index is 0.0280. The van der Waals surface area contributed by atoms with Crippen LogP contribution in [-0.4, -0.2) is 24.6 Å². The molecular weight excluding hydrogens is 340 g/mol. The van der Waals surface area contributed by atoms with Crippen LogP contribution in [0.5, 0.6) is 0 Å². The zero-order chi connectivity index (χ0) is 19.4. The zero-order valence-corrected chi connectivity index (χ0v) is 16.0. The molecule has 0 fully saturated rings. The summed E-state index contributed by atoms with van der Waals surface area (Å²) in [6, 6.07) is 15.3. The minimum Gasteiger partial charge on any atom is -0.462 e. The number of aryl methyl sites for hydroxylation is 1. The topological polar surface area (TPSA) is 63.6 Å². The van der Waals surface area contributed by atoms with Gasteiger partial charge in [0.1, 0.15) is 13.1 Å². The number of benzene rings is 2. The summed E-state index contributed by atoms with van der Waals surface area (Å²) in [6.45, 7) is 5.43. The molecule has 0 aliphatic heterocycles. The van der Waals surface area contributed by atoms with E-state index in [1.807, 2.05) is 25.1 Å². The highest BCUT2D eigenvalue weighted by Crippen LogP contribution is 2.14. The Morgan fingerprint density at radius 3 is 2.56 bits per heavy atom. The van der Waals surface area contributed by atoms with E-state index in [9.17, 15) is 9.59 Å². The highest BCUT2D eigenvalue weighted by atomic mass is 16.5. The third-order valence-electron chi connectivity index (χ3n) is 4.65. The van der Waals surface area contributed by atoms with Crippen LogP contribution in [0.4, 0.5) is 0 Å². The first-order chi connectivity index (χ1) is 13.0. The van der Waals surface area contributed by atoms with Gasteiger partial charge in [-0.1, -0.05) is 30.3 Å². The monoisotopic (exact) mass is 365 g/mol. The van der Waals surface area contributed by atoms with Crippen LogP contribution >= 0.6 is 0 Å². The van der Waals surface area contributed by atoms with E-state index in [0.29, 0.717) is 24.1 Å². The molecule has 1 aromatic heterocycles. The van der Waals surface area contributed by atoms with Crippen LogP contribution in [0.25, 0.3) is 10.9 Å². The van der Waals surface area contributed by atoms with Gasteiger partial charge in [0.2, 0.25) is 0 Å². The van der Waals surface area contributed by atoms with Crippen LogP contribution in [0.1, 0.15) is 34.1 Å². The van der Waals surface area contributed by atoms with Crippen molar-refractivity contribution in [3.63, 3.8) is 0 Å². The second kappa shape index (κ2) is 8.18. The van der Waals surface area contributed by atoms with Crippen molar-refractivity contribution in [2.24, 2.45) is 0 Å². The highest BCUT2D eigenvalue weighted by molar-refractivity contribution is 5.94. The van der Waals surface area contributed by atoms with Crippen molar-refractivity contribution in [2.45, 2.75) is 26.9 Å². The molecule has 0 amide bonds. The lowest BCUT2D eigenvalue weighted by atomic mass is 10.1. The molecule has 140 valence electrons. The lowest BCUT2D eigenvalue weighted by molar-refractivity contribution is -0.907. The van der Waals surface area contributed by atoms with Crippen molar-refractivity contribution in [3.05, 3.63) is 81.1 Å². The SMILES string of the molecule is CCOC(=O)c1ccc2[nH]c(C)c(C[NH+](C)Cc3ccccc3)c(=O)c2c1. The van der Waals surface area contributed by atoms with Crippen molar-refractivity contribution in [1.29, 1.82) is 0 Å². The van der Waals surface area contributed by atoms with Crippen LogP contribution in [-0.2, 0) is 17.8 Å². The molecule has 5 nitrogen and oxygen atoms in total. The predicted octanol–water partition coefficient (Wildman–Crippen LogP) is 2.23. The first kappa shape index (κ1) is 18.9. The Morgan fingerprint density at radius 2 is 1.85 bits per heavy atom. The number of fused-ring (bicyclic) bond motifs is 1. The molecule has 0 saturated carbocycles. The van der Waals surface area contributed by atoms with Gasteiger partial charge >= 0.3 is 5.97 Å². The molecule has 27 heavy (non-hydrogen) atoms. The summed E-state index contributed by atoms with van der Waals surface area (Å²) in [6.07, 6.45) is 0. The Balaban J connectivity index is 1.92. The number of quaternary nitrogens is 1. The van der Waals surface area contributed by atoms with Crippen molar-refractivity contribution >= 4 is 16.9 Å². The van der Waals surface area contributed by atoms with E-state index in [1.165, 1.54) is 10.5 Å². The van der Waals surface area contributed by atoms with E-state index in [2.05, 4.69) is 24.2 Å². The zero-order valence-electron chi connectivity index (χ0n) is 16.0. The van der Waals surface area contributed by atoms with Gasteiger partial charge in [0, 0.05) is 22.2 Å². The third-order valence-corrected chi connectivity index (χ3v) is 4.65. The second-order valence-electron chi connectivity index (χ2n) is 6.83. The molecule has 1 unspecified atom stereocenters. The number of hydrogen-bond donors (Lipinski definition) is 2. The molecule has 2 aromatic carbocycles. The summed E-state index contributed by atoms with van der Waals surface area (Å²) in [4.78, 5) is 29.6. The average molecular weight is 365 g/mol. The molecule has 1 heterocycles. The molecule has 0 spiro atoms. The summed E-state index contributed by atoms with van der Waals surface area (Å²) >= 11 is 0. The highest BCUT2D eigenvalue weighted by Gasteiger charge is 2.16. The summed E-state index contributed by atoms with van der Waals surface area (Å²) in [5.74, 6) is -0.409. The minimum atomic E-state index is -0.409. The molecule has 0 saturated heterocycles. The Bertz CT molecular complexity index is 1010. The van der Waals surface area contributed by atoms with Crippen molar-refractivity contribution < 1.29 is 14.4 Å². The second-order valence-corrected chi connectivity index (χ2v) is 6.83. The number of H-pyrrole nitrogens is 1. The molecule has 3 rings (SSSR count). The number of carbonyl (C=O) groups excluding carboxylic acids is 1. The van der Waals surface area contributed by atoms with E-state index >= 15 is 0 Å². The van der Waals surface area contributed by atoms with E-state index in [-0.39, 0.29) is 5.43 Å². The maximum Gasteiger partial charge on any atom is 0.338 e. The molecule has 0 aliphatic carbocycles. The van der Waals surface area contributed by atoms with Crippen LogP contribution in [0.15, 0.2) is 53.3 Å². The molecule has 0 radical (unpaired) electrons. The van der Waals surface area contributed by atoms with Crippen LogP contribution in [0.2, 0.25) is 0 Å². The van der Waals surface area contributed by atoms with Crippen LogP contribution in [0, 0.1) is 6.92 Å². The first-order valence-corrected chi connectivity index (χ1v) is 9.17. The molecule has 0 aliphatic rings. The first-order valence-electron chi connectivity index (χ1n) is 9.17. The van der Waals surface area contributed by atoms with Crippen LogP contribution < -0.4 is 10.3 Å². The number of nitrogens with one attached hydrogen (secondary N) is 2. The Kier molecular flexibility index (Phi) is 5.72. The standard InChI is InChI=1S/C22H24N2O3/c1-4-27-22(26)17-10-11-20-18(12-17)21(25)19(15(2)23-20)14-24(3)13-16-8-6-5-7-9-16/h5-12H,4,13-14H2,1-3H3,(H,23,25)/p+1. The van der Waals surface area contributed by atoms with Crippen molar-refractivity contribution in [2.75, 3.05) is 13.7 Å². The van der Waals surface area contributed by atoms with Gasteiger partial charge in [0.05, 0.1) is 24.8 Å². The Labute approximate surface area is 158 Å². The van der Waals surface area contributed by atoms with Gasteiger partial charge in [-0.15, -0.1) is 0 Å². The van der Waals surface area contributed by atoms with Crippen LogP contribution in [0.3, 0.4) is 0 Å². The summed E-state index contributed by atoms with van der Waals surface area (Å²) in [5.41, 5.74) is 3.94. The number of rotatable bonds is 6. The number of aromatic nitrogens is 1. The van der Waals surface area contributed by atoms with Gasteiger partial charge in [-0.3, -0.25) is 4.79 Å². The number of hydrogen-bond acceptors (Lipinski definition) is 3. The Morgan fingerprint density at radius 1 is 1.11 bits per heavy atom. The fourth-order valence-corrected chi connectivity index (χ4v) is 3.31. The fraction of sp³-hybridized carbons (Fsp3) is 0.273.